The van der Waals surface area contributed by atoms with Gasteiger partial charge in [0.2, 0.25) is 0 Å². The zero-order valence-electron chi connectivity index (χ0n) is 9.39. The highest BCUT2D eigenvalue weighted by atomic mass is 16.4. The molecule has 0 amide bonds. The Morgan fingerprint density at radius 1 is 1.50 bits per heavy atom. The maximum Gasteiger partial charge on any atom is 0.337 e. The number of rotatable bonds is 2. The fourth-order valence-corrected chi connectivity index (χ4v) is 2.18. The number of nitrogens with zero attached hydrogens (tertiary/aromatic N) is 2. The smallest absolute Gasteiger partial charge is 0.337 e. The van der Waals surface area contributed by atoms with Gasteiger partial charge >= 0.3 is 5.97 Å². The molecule has 86 valence electrons. The first-order valence-corrected chi connectivity index (χ1v) is 5.58. The number of aromatic carboxylic acids is 1. The van der Waals surface area contributed by atoms with Gasteiger partial charge in [-0.05, 0) is 38.6 Å². The minimum atomic E-state index is -0.920. The van der Waals surface area contributed by atoms with Crippen LogP contribution in [-0.2, 0) is 0 Å². The van der Waals surface area contributed by atoms with Crippen LogP contribution in [0.4, 0.5) is 0 Å². The van der Waals surface area contributed by atoms with Crippen molar-refractivity contribution in [1.82, 2.24) is 9.88 Å². The van der Waals surface area contributed by atoms with Crippen molar-refractivity contribution in [2.45, 2.75) is 25.3 Å². The molecule has 0 saturated carbocycles. The van der Waals surface area contributed by atoms with Gasteiger partial charge in [0.1, 0.15) is 0 Å². The minimum absolute atomic E-state index is 0.252. The molecule has 1 saturated heterocycles. The molecule has 1 atom stereocenters. The van der Waals surface area contributed by atoms with Crippen molar-refractivity contribution in [3.8, 4) is 0 Å². The molecule has 1 aliphatic heterocycles. The largest absolute Gasteiger partial charge is 0.478 e. The zero-order valence-corrected chi connectivity index (χ0v) is 9.39. The second-order valence-electron chi connectivity index (χ2n) is 4.27. The summed E-state index contributed by atoms with van der Waals surface area (Å²) in [6.07, 6.45) is 5.01. The lowest BCUT2D eigenvalue weighted by atomic mass is 9.99. The SMILES string of the molecule is CN1CCCCC1c1ccc(C(=O)O)cn1. The molecule has 1 fully saturated rings. The molecule has 0 radical (unpaired) electrons. The van der Waals surface area contributed by atoms with Gasteiger partial charge in [-0.2, -0.15) is 0 Å². The fraction of sp³-hybridized carbons (Fsp3) is 0.500. The van der Waals surface area contributed by atoms with E-state index in [1.807, 2.05) is 6.07 Å². The fourth-order valence-electron chi connectivity index (χ4n) is 2.18. The number of likely N-dealkylation sites (tertiary alicyclic amines) is 1. The number of carboxylic acid groups (broad SMARTS) is 1. The molecular formula is C12H16N2O2. The van der Waals surface area contributed by atoms with E-state index in [-0.39, 0.29) is 5.56 Å². The number of carboxylic acids is 1. The van der Waals surface area contributed by atoms with Crippen LogP contribution in [0.25, 0.3) is 0 Å². The summed E-state index contributed by atoms with van der Waals surface area (Å²) >= 11 is 0. The van der Waals surface area contributed by atoms with Gasteiger partial charge in [0, 0.05) is 6.20 Å². The number of carbonyl (C=O) groups is 1. The van der Waals surface area contributed by atoms with Crippen molar-refractivity contribution in [1.29, 1.82) is 0 Å². The lowest BCUT2D eigenvalue weighted by Crippen LogP contribution is -2.30. The number of aromatic nitrogens is 1. The zero-order chi connectivity index (χ0) is 11.5. The van der Waals surface area contributed by atoms with E-state index in [4.69, 9.17) is 5.11 Å². The van der Waals surface area contributed by atoms with E-state index >= 15 is 0 Å². The van der Waals surface area contributed by atoms with Gasteiger partial charge in [0.25, 0.3) is 0 Å². The highest BCUT2D eigenvalue weighted by molar-refractivity contribution is 5.87. The third-order valence-corrected chi connectivity index (χ3v) is 3.15. The molecule has 0 aromatic carbocycles. The number of hydrogen-bond acceptors (Lipinski definition) is 3. The van der Waals surface area contributed by atoms with E-state index < -0.39 is 5.97 Å². The standard InChI is InChI=1S/C12H16N2O2/c1-14-7-3-2-4-11(14)10-6-5-9(8-13-10)12(15)16/h5-6,8,11H,2-4,7H2,1H3,(H,15,16). The predicted octanol–water partition coefficient (Wildman–Crippen LogP) is 1.94. The maximum absolute atomic E-state index is 10.7. The van der Waals surface area contributed by atoms with Crippen LogP contribution >= 0.6 is 0 Å². The van der Waals surface area contributed by atoms with Gasteiger partial charge in [-0.25, -0.2) is 4.79 Å². The van der Waals surface area contributed by atoms with Crippen LogP contribution in [0.1, 0.15) is 41.4 Å². The summed E-state index contributed by atoms with van der Waals surface area (Å²) in [5.74, 6) is -0.920. The summed E-state index contributed by atoms with van der Waals surface area (Å²) in [4.78, 5) is 17.2. The van der Waals surface area contributed by atoms with Crippen LogP contribution in [0.3, 0.4) is 0 Å². The molecule has 0 aliphatic carbocycles. The first kappa shape index (κ1) is 11.1. The van der Waals surface area contributed by atoms with Gasteiger partial charge in [-0.1, -0.05) is 6.42 Å². The van der Waals surface area contributed by atoms with Gasteiger partial charge in [0.05, 0.1) is 17.3 Å². The van der Waals surface area contributed by atoms with Crippen molar-refractivity contribution in [2.75, 3.05) is 13.6 Å². The monoisotopic (exact) mass is 220 g/mol. The lowest BCUT2D eigenvalue weighted by Gasteiger charge is -2.31. The van der Waals surface area contributed by atoms with Crippen molar-refractivity contribution in [3.05, 3.63) is 29.6 Å². The first-order valence-electron chi connectivity index (χ1n) is 5.58. The van der Waals surface area contributed by atoms with Crippen molar-refractivity contribution < 1.29 is 9.90 Å². The molecule has 4 nitrogen and oxygen atoms in total. The summed E-state index contributed by atoms with van der Waals surface area (Å²) in [6.45, 7) is 1.09. The Hall–Kier alpha value is -1.42. The van der Waals surface area contributed by atoms with E-state index in [1.54, 1.807) is 6.07 Å². The van der Waals surface area contributed by atoms with E-state index in [9.17, 15) is 4.79 Å². The van der Waals surface area contributed by atoms with Crippen LogP contribution in [0.15, 0.2) is 18.3 Å². The molecule has 0 spiro atoms. The second-order valence-corrected chi connectivity index (χ2v) is 4.27. The second kappa shape index (κ2) is 4.61. The molecule has 1 aliphatic rings. The molecule has 1 unspecified atom stereocenters. The third-order valence-electron chi connectivity index (χ3n) is 3.15. The van der Waals surface area contributed by atoms with Crippen molar-refractivity contribution >= 4 is 5.97 Å². The first-order chi connectivity index (χ1) is 7.68. The molecule has 4 heteroatoms. The molecule has 0 bridgehead atoms. The van der Waals surface area contributed by atoms with E-state index in [0.29, 0.717) is 6.04 Å². The molecule has 1 aromatic heterocycles. The number of pyridine rings is 1. The van der Waals surface area contributed by atoms with Crippen molar-refractivity contribution in [2.24, 2.45) is 0 Å². The minimum Gasteiger partial charge on any atom is -0.478 e. The normalized spacial score (nSPS) is 21.9. The number of piperidine rings is 1. The average molecular weight is 220 g/mol. The van der Waals surface area contributed by atoms with Gasteiger partial charge in [-0.15, -0.1) is 0 Å². The quantitative estimate of drug-likeness (QED) is 0.827. The lowest BCUT2D eigenvalue weighted by molar-refractivity contribution is 0.0696. The molecular weight excluding hydrogens is 204 g/mol. The Morgan fingerprint density at radius 3 is 2.88 bits per heavy atom. The Balaban J connectivity index is 2.17. The van der Waals surface area contributed by atoms with Crippen LogP contribution in [0, 0.1) is 0 Å². The van der Waals surface area contributed by atoms with E-state index in [2.05, 4.69) is 16.9 Å². The Labute approximate surface area is 94.9 Å². The van der Waals surface area contributed by atoms with Crippen LogP contribution in [0.2, 0.25) is 0 Å². The van der Waals surface area contributed by atoms with Gasteiger partial charge in [-0.3, -0.25) is 9.88 Å². The molecule has 16 heavy (non-hydrogen) atoms. The Kier molecular flexibility index (Phi) is 3.19. The van der Waals surface area contributed by atoms with Crippen molar-refractivity contribution in [3.63, 3.8) is 0 Å². The van der Waals surface area contributed by atoms with Crippen LogP contribution in [0.5, 0.6) is 0 Å². The van der Waals surface area contributed by atoms with Crippen LogP contribution < -0.4 is 0 Å². The Morgan fingerprint density at radius 2 is 2.31 bits per heavy atom. The van der Waals surface area contributed by atoms with E-state index in [0.717, 1.165) is 18.7 Å². The van der Waals surface area contributed by atoms with Gasteiger partial charge in [0.15, 0.2) is 0 Å². The molecule has 2 heterocycles. The van der Waals surface area contributed by atoms with E-state index in [1.165, 1.54) is 19.0 Å². The summed E-state index contributed by atoms with van der Waals surface area (Å²) in [5, 5.41) is 8.79. The van der Waals surface area contributed by atoms with Gasteiger partial charge < -0.3 is 5.11 Å². The highest BCUT2D eigenvalue weighted by Gasteiger charge is 2.21. The summed E-state index contributed by atoms with van der Waals surface area (Å²) in [5.41, 5.74) is 1.23. The van der Waals surface area contributed by atoms with Crippen LogP contribution in [-0.4, -0.2) is 34.6 Å². The topological polar surface area (TPSA) is 53.4 Å². The number of hydrogen-bond donors (Lipinski definition) is 1. The summed E-state index contributed by atoms with van der Waals surface area (Å²) in [6, 6.07) is 3.81. The third kappa shape index (κ3) is 2.22. The maximum atomic E-state index is 10.7. The molecule has 1 aromatic rings. The Bertz CT molecular complexity index is 375. The molecule has 2 rings (SSSR count). The predicted molar refractivity (Wildman–Crippen MR) is 60.4 cm³/mol. The highest BCUT2D eigenvalue weighted by Crippen LogP contribution is 2.27. The average Bonchev–Trinajstić information content (AvgIpc) is 2.30. The molecule has 1 N–H and O–H groups in total. The summed E-state index contributed by atoms with van der Waals surface area (Å²) < 4.78 is 0. The summed E-state index contributed by atoms with van der Waals surface area (Å²) in [7, 11) is 2.09.